The van der Waals surface area contributed by atoms with Gasteiger partial charge >= 0.3 is 5.65 Å². The van der Waals surface area contributed by atoms with E-state index in [1.807, 2.05) is 18.2 Å². The molecule has 0 bridgehead atoms. The minimum absolute atomic E-state index is 0.0992. The summed E-state index contributed by atoms with van der Waals surface area (Å²) in [5, 5.41) is 3.26. The minimum atomic E-state index is -0.0992. The van der Waals surface area contributed by atoms with Gasteiger partial charge in [-0.25, -0.2) is 14.1 Å². The second-order valence-corrected chi connectivity index (χ2v) is 10.8. The van der Waals surface area contributed by atoms with Crippen molar-refractivity contribution in [2.75, 3.05) is 11.4 Å². The lowest BCUT2D eigenvalue weighted by atomic mass is 9.83. The number of halogens is 1. The first-order valence-electron chi connectivity index (χ1n) is 13.5. The van der Waals surface area contributed by atoms with Crippen LogP contribution in [0.4, 0.5) is 5.69 Å². The maximum atomic E-state index is 6.25. The van der Waals surface area contributed by atoms with Crippen LogP contribution in [0.15, 0.2) is 72.4 Å². The van der Waals surface area contributed by atoms with E-state index >= 15 is 0 Å². The fourth-order valence-corrected chi connectivity index (χ4v) is 6.20. The molecule has 5 nitrogen and oxygen atoms in total. The number of fused-ring (bicyclic) bond motifs is 5. The van der Waals surface area contributed by atoms with Crippen LogP contribution in [0.3, 0.4) is 0 Å². The lowest BCUT2D eigenvalue weighted by Crippen LogP contribution is -2.35. The molecule has 0 unspecified atom stereocenters. The van der Waals surface area contributed by atoms with Gasteiger partial charge in [-0.3, -0.25) is 0 Å². The third-order valence-electron chi connectivity index (χ3n) is 7.88. The third-order valence-corrected chi connectivity index (χ3v) is 8.11. The van der Waals surface area contributed by atoms with E-state index in [1.165, 1.54) is 27.7 Å². The van der Waals surface area contributed by atoms with E-state index in [-0.39, 0.29) is 5.41 Å². The lowest BCUT2D eigenvalue weighted by molar-refractivity contribution is -0.672. The van der Waals surface area contributed by atoms with E-state index in [0.29, 0.717) is 5.02 Å². The molecule has 0 saturated heterocycles. The summed E-state index contributed by atoms with van der Waals surface area (Å²) >= 11 is 6.25. The molecule has 5 aromatic rings. The number of hydrogen-bond donors (Lipinski definition) is 0. The smallest absolute Gasteiger partial charge is 0.323 e. The van der Waals surface area contributed by atoms with Gasteiger partial charge in [-0.15, -0.1) is 0 Å². The van der Waals surface area contributed by atoms with Gasteiger partial charge in [-0.2, -0.15) is 0 Å². The molecule has 192 valence electrons. The Kier molecular flexibility index (Phi) is 5.99. The molecule has 0 spiro atoms. The van der Waals surface area contributed by atoms with Crippen molar-refractivity contribution in [3.63, 3.8) is 0 Å². The van der Waals surface area contributed by atoms with Crippen LogP contribution in [0.25, 0.3) is 39.2 Å². The van der Waals surface area contributed by atoms with Gasteiger partial charge in [0.1, 0.15) is 5.52 Å². The zero-order valence-electron chi connectivity index (χ0n) is 22.7. The Morgan fingerprint density at radius 2 is 1.76 bits per heavy atom. The molecule has 6 rings (SSSR count). The molecule has 6 heteroatoms. The third kappa shape index (κ3) is 3.64. The van der Waals surface area contributed by atoms with Crippen molar-refractivity contribution >= 4 is 56.5 Å². The molecule has 2 aromatic heterocycles. The van der Waals surface area contributed by atoms with Crippen LogP contribution in [-0.4, -0.2) is 21.1 Å². The number of anilines is 1. The highest BCUT2D eigenvalue weighted by Crippen LogP contribution is 2.50. The Balaban J connectivity index is 1.48. The standard InChI is InChI=1S/C32H33ClN5/c1-6-36-27(32(4,5)24-18-16-21-12-9-10-13-23(21)29(24)36)14-11-15-28-37(7-2)30-31(38(28)8-3)35-26-20-22(33)17-19-25(26)34-30/h9-20H,6-8H2,1-5H3/q+1. The zero-order valence-corrected chi connectivity index (χ0v) is 23.4. The summed E-state index contributed by atoms with van der Waals surface area (Å²) in [5.41, 5.74) is 7.36. The fourth-order valence-electron chi connectivity index (χ4n) is 6.04. The van der Waals surface area contributed by atoms with Crippen LogP contribution in [0.1, 0.15) is 46.0 Å². The van der Waals surface area contributed by atoms with E-state index in [9.17, 15) is 0 Å². The number of likely N-dealkylation sites (N-methyl/N-ethyl adjacent to an activating group) is 1. The Hall–Kier alpha value is -3.70. The van der Waals surface area contributed by atoms with Crippen molar-refractivity contribution in [3.05, 3.63) is 88.9 Å². The van der Waals surface area contributed by atoms with Crippen molar-refractivity contribution in [2.45, 2.75) is 53.1 Å². The summed E-state index contributed by atoms with van der Waals surface area (Å²) < 4.78 is 4.48. The summed E-state index contributed by atoms with van der Waals surface area (Å²) in [6, 6.07) is 18.9. The number of imidazole rings is 1. The first-order chi connectivity index (χ1) is 18.4. The molecule has 0 atom stereocenters. The van der Waals surface area contributed by atoms with Crippen LogP contribution in [0.2, 0.25) is 5.02 Å². The topological polar surface area (TPSA) is 37.8 Å². The number of aryl methyl sites for hydroxylation is 2. The molecule has 0 saturated carbocycles. The van der Waals surface area contributed by atoms with E-state index in [0.717, 1.165) is 47.8 Å². The molecule has 0 aliphatic carbocycles. The van der Waals surface area contributed by atoms with Crippen LogP contribution >= 0.6 is 11.6 Å². The lowest BCUT2D eigenvalue weighted by Gasteiger charge is -2.26. The van der Waals surface area contributed by atoms with Gasteiger partial charge in [0.2, 0.25) is 5.82 Å². The van der Waals surface area contributed by atoms with Crippen LogP contribution < -0.4 is 9.47 Å². The summed E-state index contributed by atoms with van der Waals surface area (Å²) in [4.78, 5) is 12.4. The second-order valence-electron chi connectivity index (χ2n) is 10.3. The van der Waals surface area contributed by atoms with E-state index in [2.05, 4.69) is 103 Å². The van der Waals surface area contributed by atoms with Crippen LogP contribution in [-0.2, 0) is 18.5 Å². The number of hydrogen-bond acceptors (Lipinski definition) is 3. The van der Waals surface area contributed by atoms with Gasteiger partial charge in [-0.1, -0.05) is 72.9 Å². The highest BCUT2D eigenvalue weighted by molar-refractivity contribution is 6.31. The van der Waals surface area contributed by atoms with Crippen LogP contribution in [0.5, 0.6) is 0 Å². The second kappa shape index (κ2) is 9.25. The summed E-state index contributed by atoms with van der Waals surface area (Å²) in [5.74, 6) is 1.09. The number of allylic oxidation sites excluding steroid dienone is 3. The Morgan fingerprint density at radius 3 is 2.53 bits per heavy atom. The average molecular weight is 523 g/mol. The maximum absolute atomic E-state index is 6.25. The van der Waals surface area contributed by atoms with Crippen molar-refractivity contribution in [1.82, 2.24) is 14.5 Å². The first-order valence-corrected chi connectivity index (χ1v) is 13.8. The average Bonchev–Trinajstić information content (AvgIpc) is 3.33. The maximum Gasteiger partial charge on any atom is 0.323 e. The molecule has 0 radical (unpaired) electrons. The SMILES string of the molecule is CCN1C(=CC=Cc2n(CC)c3nc4cc(Cl)ccc4nc3[n+]2CC)C(C)(C)c2ccc3ccccc3c21. The van der Waals surface area contributed by atoms with Gasteiger partial charge in [0.05, 0.1) is 18.8 Å². The van der Waals surface area contributed by atoms with Gasteiger partial charge in [0.15, 0.2) is 5.52 Å². The highest BCUT2D eigenvalue weighted by Gasteiger charge is 2.40. The number of rotatable bonds is 5. The van der Waals surface area contributed by atoms with Crippen LogP contribution in [0, 0.1) is 0 Å². The van der Waals surface area contributed by atoms with Crippen molar-refractivity contribution in [2.24, 2.45) is 0 Å². The van der Waals surface area contributed by atoms with E-state index < -0.39 is 0 Å². The van der Waals surface area contributed by atoms with E-state index in [4.69, 9.17) is 21.6 Å². The monoisotopic (exact) mass is 522 g/mol. The number of benzene rings is 3. The van der Waals surface area contributed by atoms with Gasteiger partial charge < -0.3 is 4.90 Å². The summed E-state index contributed by atoms with van der Waals surface area (Å²) in [6.45, 7) is 13.7. The molecule has 3 aromatic carbocycles. The summed E-state index contributed by atoms with van der Waals surface area (Å²) in [7, 11) is 0. The van der Waals surface area contributed by atoms with E-state index in [1.54, 1.807) is 0 Å². The predicted octanol–water partition coefficient (Wildman–Crippen LogP) is 7.43. The molecule has 1 aliphatic rings. The largest absolute Gasteiger partial charge is 0.344 e. The van der Waals surface area contributed by atoms with Gasteiger partial charge in [0.25, 0.3) is 5.65 Å². The predicted molar refractivity (Wildman–Crippen MR) is 159 cm³/mol. The normalized spacial score (nSPS) is 16.1. The van der Waals surface area contributed by atoms with Gasteiger partial charge in [-0.05, 0) is 56.0 Å². The molecule has 0 fully saturated rings. The van der Waals surface area contributed by atoms with Crippen molar-refractivity contribution in [1.29, 1.82) is 0 Å². The number of nitrogens with zero attached hydrogens (tertiary/aromatic N) is 5. The molecule has 38 heavy (non-hydrogen) atoms. The minimum Gasteiger partial charge on any atom is -0.344 e. The molecular weight excluding hydrogens is 490 g/mol. The Labute approximate surface area is 228 Å². The molecule has 1 aliphatic heterocycles. The molecule has 3 heterocycles. The Morgan fingerprint density at radius 1 is 0.947 bits per heavy atom. The van der Waals surface area contributed by atoms with Crippen molar-refractivity contribution < 1.29 is 4.57 Å². The Bertz CT molecular complexity index is 1780. The first kappa shape index (κ1) is 24.6. The van der Waals surface area contributed by atoms with Crippen molar-refractivity contribution in [3.8, 4) is 0 Å². The highest BCUT2D eigenvalue weighted by atomic mass is 35.5. The molecule has 0 N–H and O–H groups in total. The zero-order chi connectivity index (χ0) is 26.6. The molecular formula is C32H33ClN5+. The summed E-state index contributed by atoms with van der Waals surface area (Å²) in [6.07, 6.45) is 6.68. The number of aromatic nitrogens is 4. The quantitative estimate of drug-likeness (QED) is 0.225. The molecule has 0 amide bonds. The fraction of sp³-hybridized carbons (Fsp3) is 0.281. The van der Waals surface area contributed by atoms with Gasteiger partial charge in [0, 0.05) is 34.1 Å².